The summed E-state index contributed by atoms with van der Waals surface area (Å²) in [7, 11) is 4.45. The van der Waals surface area contributed by atoms with Crippen molar-refractivity contribution in [3.8, 4) is 0 Å². The number of nitrogens with zero attached hydrogens (tertiary/aromatic N) is 1. The van der Waals surface area contributed by atoms with Crippen molar-refractivity contribution in [3.05, 3.63) is 12.2 Å². The second kappa shape index (κ2) is 23.8. The molecule has 1 unspecified atom stereocenters. The molecular formula is C28H55NO2. The van der Waals surface area contributed by atoms with E-state index in [1.165, 1.54) is 103 Å². The quantitative estimate of drug-likeness (QED) is 0.121. The highest BCUT2D eigenvalue weighted by molar-refractivity contribution is 5.66. The van der Waals surface area contributed by atoms with E-state index < -0.39 is 5.97 Å². The molecule has 0 aromatic heterocycles. The fourth-order valence-corrected chi connectivity index (χ4v) is 4.41. The number of carboxylic acid groups (broad SMARTS) is 1. The maximum absolute atomic E-state index is 10.4. The van der Waals surface area contributed by atoms with Gasteiger partial charge in [-0.1, -0.05) is 96.1 Å². The molecule has 1 atom stereocenters. The zero-order chi connectivity index (χ0) is 23.0. The van der Waals surface area contributed by atoms with E-state index in [-0.39, 0.29) is 0 Å². The van der Waals surface area contributed by atoms with Crippen LogP contribution in [0.25, 0.3) is 0 Å². The van der Waals surface area contributed by atoms with E-state index in [9.17, 15) is 4.79 Å². The Bertz CT molecular complexity index is 406. The van der Waals surface area contributed by atoms with E-state index in [1.54, 1.807) is 0 Å². The van der Waals surface area contributed by atoms with Crippen LogP contribution in [0, 0.1) is 5.92 Å². The summed E-state index contributed by atoms with van der Waals surface area (Å²) < 4.78 is 0. The van der Waals surface area contributed by atoms with Gasteiger partial charge in [0, 0.05) is 13.0 Å². The van der Waals surface area contributed by atoms with Gasteiger partial charge in [0.15, 0.2) is 0 Å². The van der Waals surface area contributed by atoms with Crippen LogP contribution in [0.15, 0.2) is 12.2 Å². The molecule has 0 aliphatic carbocycles. The lowest BCUT2D eigenvalue weighted by Crippen LogP contribution is -2.21. The van der Waals surface area contributed by atoms with E-state index in [4.69, 9.17) is 5.11 Å². The summed E-state index contributed by atoms with van der Waals surface area (Å²) in [6.07, 6.45) is 29.8. The molecule has 0 saturated heterocycles. The molecule has 0 aliphatic rings. The molecule has 3 heteroatoms. The van der Waals surface area contributed by atoms with Gasteiger partial charge in [-0.2, -0.15) is 0 Å². The highest BCUT2D eigenvalue weighted by atomic mass is 16.4. The summed E-state index contributed by atoms with van der Waals surface area (Å²) in [5, 5.41) is 8.61. The Labute approximate surface area is 195 Å². The molecule has 0 aromatic carbocycles. The van der Waals surface area contributed by atoms with Gasteiger partial charge >= 0.3 is 5.97 Å². The van der Waals surface area contributed by atoms with Crippen molar-refractivity contribution in [2.45, 2.75) is 135 Å². The van der Waals surface area contributed by atoms with E-state index in [1.807, 2.05) is 0 Å². The van der Waals surface area contributed by atoms with Crippen LogP contribution in [-0.4, -0.2) is 36.6 Å². The molecular weight excluding hydrogens is 382 g/mol. The molecule has 0 aromatic rings. The minimum atomic E-state index is -0.669. The van der Waals surface area contributed by atoms with E-state index in [0.717, 1.165) is 31.6 Å². The zero-order valence-corrected chi connectivity index (χ0v) is 21.4. The molecule has 0 amide bonds. The number of carbonyl (C=O) groups is 1. The number of hydrogen-bond acceptors (Lipinski definition) is 2. The van der Waals surface area contributed by atoms with Gasteiger partial charge in [0.2, 0.25) is 0 Å². The Balaban J connectivity index is 3.53. The predicted molar refractivity (Wildman–Crippen MR) is 137 cm³/mol. The molecule has 0 radical (unpaired) electrons. The first kappa shape index (κ1) is 30.2. The summed E-state index contributed by atoms with van der Waals surface area (Å²) >= 11 is 0. The number of hydrogen-bond donors (Lipinski definition) is 1. The molecule has 1 N–H and O–H groups in total. The number of rotatable bonds is 24. The Morgan fingerprint density at radius 1 is 0.710 bits per heavy atom. The molecule has 31 heavy (non-hydrogen) atoms. The number of aliphatic carboxylic acids is 1. The van der Waals surface area contributed by atoms with Gasteiger partial charge in [0.05, 0.1) is 0 Å². The summed E-state index contributed by atoms with van der Waals surface area (Å²) in [5.41, 5.74) is 0. The Kier molecular flexibility index (Phi) is 23.2. The maximum Gasteiger partial charge on any atom is 0.303 e. The summed E-state index contributed by atoms with van der Waals surface area (Å²) in [6, 6.07) is 0. The van der Waals surface area contributed by atoms with E-state index in [0.29, 0.717) is 6.42 Å². The SMILES string of the molecule is CCCCCCCCC(CCCCCCCCC=CCCCCCC(=O)O)CN(C)C. The van der Waals surface area contributed by atoms with Crippen LogP contribution in [0.3, 0.4) is 0 Å². The van der Waals surface area contributed by atoms with Crippen molar-refractivity contribution in [1.29, 1.82) is 0 Å². The van der Waals surface area contributed by atoms with Crippen molar-refractivity contribution in [3.63, 3.8) is 0 Å². The Morgan fingerprint density at radius 2 is 1.16 bits per heavy atom. The molecule has 3 nitrogen and oxygen atoms in total. The molecule has 0 fully saturated rings. The van der Waals surface area contributed by atoms with Gasteiger partial charge in [-0.15, -0.1) is 0 Å². The zero-order valence-electron chi connectivity index (χ0n) is 21.4. The number of allylic oxidation sites excluding steroid dienone is 2. The van der Waals surface area contributed by atoms with Crippen LogP contribution < -0.4 is 0 Å². The standard InChI is InChI=1S/C28H55NO2/c1-4-5-6-7-17-20-23-27(26-29(2)3)24-21-18-15-13-11-9-8-10-12-14-16-19-22-25-28(30)31/h10,12,27H,4-9,11,13-26H2,1-3H3,(H,30,31). The number of carboxylic acids is 1. The van der Waals surface area contributed by atoms with Crippen LogP contribution in [-0.2, 0) is 4.79 Å². The fraction of sp³-hybridized carbons (Fsp3) is 0.893. The maximum atomic E-state index is 10.4. The smallest absolute Gasteiger partial charge is 0.303 e. The highest BCUT2D eigenvalue weighted by Gasteiger charge is 2.09. The minimum Gasteiger partial charge on any atom is -0.481 e. The molecule has 0 bridgehead atoms. The molecule has 0 saturated carbocycles. The molecule has 0 aliphatic heterocycles. The predicted octanol–water partition coefficient (Wildman–Crippen LogP) is 8.63. The first-order valence-electron chi connectivity index (χ1n) is 13.6. The molecule has 0 heterocycles. The topological polar surface area (TPSA) is 40.5 Å². The second-order valence-corrected chi connectivity index (χ2v) is 9.85. The fourth-order valence-electron chi connectivity index (χ4n) is 4.41. The minimum absolute atomic E-state index is 0.319. The molecule has 0 spiro atoms. The van der Waals surface area contributed by atoms with Crippen molar-refractivity contribution < 1.29 is 9.90 Å². The van der Waals surface area contributed by atoms with Crippen LogP contribution in [0.2, 0.25) is 0 Å². The lowest BCUT2D eigenvalue weighted by molar-refractivity contribution is -0.137. The second-order valence-electron chi connectivity index (χ2n) is 9.85. The molecule has 184 valence electrons. The van der Waals surface area contributed by atoms with E-state index in [2.05, 4.69) is 38.1 Å². The van der Waals surface area contributed by atoms with Gasteiger partial charge in [0.1, 0.15) is 0 Å². The average Bonchev–Trinajstić information content (AvgIpc) is 2.72. The van der Waals surface area contributed by atoms with E-state index >= 15 is 0 Å². The van der Waals surface area contributed by atoms with Crippen molar-refractivity contribution >= 4 is 5.97 Å². The summed E-state index contributed by atoms with van der Waals surface area (Å²) in [5.74, 6) is 0.229. The normalized spacial score (nSPS) is 12.8. The Hall–Kier alpha value is -0.830. The third-order valence-corrected chi connectivity index (χ3v) is 6.25. The van der Waals surface area contributed by atoms with Crippen LogP contribution in [0.4, 0.5) is 0 Å². The van der Waals surface area contributed by atoms with Gasteiger partial charge in [-0.3, -0.25) is 4.79 Å². The Morgan fingerprint density at radius 3 is 1.65 bits per heavy atom. The van der Waals surface area contributed by atoms with Crippen LogP contribution in [0.5, 0.6) is 0 Å². The third-order valence-electron chi connectivity index (χ3n) is 6.25. The van der Waals surface area contributed by atoms with Gasteiger partial charge in [0.25, 0.3) is 0 Å². The van der Waals surface area contributed by atoms with Crippen molar-refractivity contribution in [2.24, 2.45) is 5.92 Å². The summed E-state index contributed by atoms with van der Waals surface area (Å²) in [6.45, 7) is 3.56. The largest absolute Gasteiger partial charge is 0.481 e. The summed E-state index contributed by atoms with van der Waals surface area (Å²) in [4.78, 5) is 12.8. The van der Waals surface area contributed by atoms with Gasteiger partial charge in [-0.05, 0) is 65.0 Å². The van der Waals surface area contributed by atoms with Crippen molar-refractivity contribution in [2.75, 3.05) is 20.6 Å². The lowest BCUT2D eigenvalue weighted by Gasteiger charge is -2.21. The average molecular weight is 438 g/mol. The molecule has 0 rings (SSSR count). The number of unbranched alkanes of at least 4 members (excludes halogenated alkanes) is 14. The van der Waals surface area contributed by atoms with Crippen LogP contribution >= 0.6 is 0 Å². The van der Waals surface area contributed by atoms with Crippen molar-refractivity contribution in [1.82, 2.24) is 4.90 Å². The first-order valence-corrected chi connectivity index (χ1v) is 13.6. The third kappa shape index (κ3) is 25.3. The highest BCUT2D eigenvalue weighted by Crippen LogP contribution is 2.20. The van der Waals surface area contributed by atoms with Crippen LogP contribution in [0.1, 0.15) is 135 Å². The van der Waals surface area contributed by atoms with Gasteiger partial charge < -0.3 is 10.0 Å². The first-order chi connectivity index (χ1) is 15.1. The monoisotopic (exact) mass is 437 g/mol. The lowest BCUT2D eigenvalue weighted by atomic mass is 9.93. The van der Waals surface area contributed by atoms with Gasteiger partial charge in [-0.25, -0.2) is 0 Å².